The monoisotopic (exact) mass is 479 g/mol. The number of rotatable bonds is 6. The first-order valence-corrected chi connectivity index (χ1v) is 11.6. The SMILES string of the molecule is CC(=O)Nc1ccc(N2C(=O)CC(N(Cc3ccc(F)cc3)C(=O)C3C(C)(C)C3(C)C)C2=O)cc1. The molecule has 0 bridgehead atoms. The standard InChI is InChI=1S/C27H30FN3O4/c1-16(32)29-19-10-12-20(13-11-19)31-22(33)14-21(24(31)34)30(15-17-6-8-18(28)9-7-17)25(35)23-26(2,3)27(23,4)5/h6-13,21,23H,14-15H2,1-5H3,(H,29,32). The number of anilines is 2. The first kappa shape index (κ1) is 24.6. The number of hydrogen-bond acceptors (Lipinski definition) is 4. The molecule has 4 amide bonds. The lowest BCUT2D eigenvalue weighted by molar-refractivity contribution is -0.141. The number of hydrogen-bond donors (Lipinski definition) is 1. The summed E-state index contributed by atoms with van der Waals surface area (Å²) in [4.78, 5) is 54.1. The van der Waals surface area contributed by atoms with E-state index in [1.807, 2.05) is 27.7 Å². The Morgan fingerprint density at radius 3 is 2.09 bits per heavy atom. The van der Waals surface area contributed by atoms with Crippen molar-refractivity contribution in [2.24, 2.45) is 16.7 Å². The number of amides is 4. The zero-order chi connectivity index (χ0) is 25.7. The topological polar surface area (TPSA) is 86.8 Å². The second-order valence-electron chi connectivity index (χ2n) is 10.5. The Bertz CT molecular complexity index is 1170. The van der Waals surface area contributed by atoms with Gasteiger partial charge in [-0.15, -0.1) is 0 Å². The van der Waals surface area contributed by atoms with Gasteiger partial charge in [-0.1, -0.05) is 39.8 Å². The molecule has 0 spiro atoms. The van der Waals surface area contributed by atoms with Crippen molar-refractivity contribution >= 4 is 35.0 Å². The number of halogens is 1. The molecule has 184 valence electrons. The van der Waals surface area contributed by atoms with Gasteiger partial charge in [0.1, 0.15) is 11.9 Å². The molecule has 1 saturated carbocycles. The van der Waals surface area contributed by atoms with Crippen LogP contribution in [0.2, 0.25) is 0 Å². The molecule has 8 heteroatoms. The van der Waals surface area contributed by atoms with Gasteiger partial charge in [-0.05, 0) is 52.8 Å². The normalized spacial score (nSPS) is 20.6. The maximum atomic E-state index is 13.8. The lowest BCUT2D eigenvalue weighted by Crippen LogP contribution is -2.46. The Labute approximate surface area is 204 Å². The molecule has 1 unspecified atom stereocenters. The lowest BCUT2D eigenvalue weighted by atomic mass is 10.0. The number of imide groups is 1. The molecule has 1 N–H and O–H groups in total. The molecule has 2 aromatic carbocycles. The molecule has 2 aliphatic rings. The largest absolute Gasteiger partial charge is 0.326 e. The van der Waals surface area contributed by atoms with Crippen molar-refractivity contribution in [3.8, 4) is 0 Å². The molecule has 1 saturated heterocycles. The van der Waals surface area contributed by atoms with E-state index in [0.29, 0.717) is 16.9 Å². The minimum absolute atomic E-state index is 0.0980. The van der Waals surface area contributed by atoms with E-state index >= 15 is 0 Å². The average Bonchev–Trinajstić information content (AvgIpc) is 3.01. The molecule has 2 fully saturated rings. The predicted octanol–water partition coefficient (Wildman–Crippen LogP) is 4.13. The van der Waals surface area contributed by atoms with E-state index in [1.54, 1.807) is 36.4 Å². The fourth-order valence-corrected chi connectivity index (χ4v) is 5.14. The quantitative estimate of drug-likeness (QED) is 0.632. The fourth-order valence-electron chi connectivity index (χ4n) is 5.14. The van der Waals surface area contributed by atoms with Gasteiger partial charge in [0.25, 0.3) is 5.91 Å². The van der Waals surface area contributed by atoms with Gasteiger partial charge in [-0.2, -0.15) is 0 Å². The Hall–Kier alpha value is -3.55. The van der Waals surface area contributed by atoms with Crippen LogP contribution >= 0.6 is 0 Å². The first-order valence-electron chi connectivity index (χ1n) is 11.6. The summed E-state index contributed by atoms with van der Waals surface area (Å²) in [6.07, 6.45) is -0.132. The molecular formula is C27H30FN3O4. The van der Waals surface area contributed by atoms with E-state index in [2.05, 4.69) is 5.32 Å². The summed E-state index contributed by atoms with van der Waals surface area (Å²) in [5, 5.41) is 2.65. The van der Waals surface area contributed by atoms with E-state index in [1.165, 1.54) is 24.0 Å². The van der Waals surface area contributed by atoms with Crippen molar-refractivity contribution in [1.29, 1.82) is 0 Å². The summed E-state index contributed by atoms with van der Waals surface area (Å²) in [7, 11) is 0. The smallest absolute Gasteiger partial charge is 0.257 e. The molecule has 35 heavy (non-hydrogen) atoms. The minimum atomic E-state index is -0.956. The second kappa shape index (κ2) is 8.59. The highest BCUT2D eigenvalue weighted by atomic mass is 19.1. The molecule has 4 rings (SSSR count). The van der Waals surface area contributed by atoms with Gasteiger partial charge in [0.15, 0.2) is 0 Å². The van der Waals surface area contributed by atoms with Crippen LogP contribution in [0.25, 0.3) is 0 Å². The summed E-state index contributed by atoms with van der Waals surface area (Å²) in [5.74, 6) is -1.99. The van der Waals surface area contributed by atoms with Crippen LogP contribution < -0.4 is 10.2 Å². The maximum absolute atomic E-state index is 13.8. The van der Waals surface area contributed by atoms with Crippen molar-refractivity contribution in [1.82, 2.24) is 4.90 Å². The van der Waals surface area contributed by atoms with Crippen LogP contribution in [-0.2, 0) is 25.7 Å². The van der Waals surface area contributed by atoms with Gasteiger partial charge >= 0.3 is 0 Å². The van der Waals surface area contributed by atoms with Gasteiger partial charge in [-0.25, -0.2) is 9.29 Å². The van der Waals surface area contributed by atoms with Gasteiger partial charge in [0, 0.05) is 25.1 Å². The van der Waals surface area contributed by atoms with Crippen LogP contribution in [0.3, 0.4) is 0 Å². The fraction of sp³-hybridized carbons (Fsp3) is 0.407. The van der Waals surface area contributed by atoms with E-state index in [0.717, 1.165) is 4.90 Å². The van der Waals surface area contributed by atoms with Gasteiger partial charge in [-0.3, -0.25) is 19.2 Å². The van der Waals surface area contributed by atoms with Crippen LogP contribution in [0.4, 0.5) is 15.8 Å². The highest BCUT2D eigenvalue weighted by Crippen LogP contribution is 2.69. The van der Waals surface area contributed by atoms with Crippen molar-refractivity contribution in [3.63, 3.8) is 0 Å². The van der Waals surface area contributed by atoms with Crippen molar-refractivity contribution in [3.05, 3.63) is 59.9 Å². The second-order valence-corrected chi connectivity index (χ2v) is 10.5. The molecule has 1 aliphatic carbocycles. The van der Waals surface area contributed by atoms with Crippen molar-refractivity contribution in [2.45, 2.75) is 53.6 Å². The number of nitrogens with zero attached hydrogens (tertiary/aromatic N) is 2. The third-order valence-electron chi connectivity index (χ3n) is 7.76. The van der Waals surface area contributed by atoms with Gasteiger partial charge < -0.3 is 10.2 Å². The van der Waals surface area contributed by atoms with Gasteiger partial charge in [0.2, 0.25) is 17.7 Å². The molecule has 1 aliphatic heterocycles. The third-order valence-corrected chi connectivity index (χ3v) is 7.76. The number of nitrogens with one attached hydrogen (secondary N) is 1. The minimum Gasteiger partial charge on any atom is -0.326 e. The van der Waals surface area contributed by atoms with E-state index < -0.39 is 23.7 Å². The third kappa shape index (κ3) is 4.33. The summed E-state index contributed by atoms with van der Waals surface area (Å²) in [5.41, 5.74) is 1.09. The summed E-state index contributed by atoms with van der Waals surface area (Å²) in [6, 6.07) is 11.2. The van der Waals surface area contributed by atoms with E-state index in [-0.39, 0.29) is 41.5 Å². The van der Waals surface area contributed by atoms with Crippen LogP contribution in [0, 0.1) is 22.6 Å². The predicted molar refractivity (Wildman–Crippen MR) is 130 cm³/mol. The van der Waals surface area contributed by atoms with Crippen LogP contribution in [0.15, 0.2) is 48.5 Å². The lowest BCUT2D eigenvalue weighted by Gasteiger charge is -2.29. The molecule has 0 radical (unpaired) electrons. The van der Waals surface area contributed by atoms with Crippen molar-refractivity contribution in [2.75, 3.05) is 10.2 Å². The van der Waals surface area contributed by atoms with Crippen LogP contribution in [0.5, 0.6) is 0 Å². The molecule has 2 aromatic rings. The number of carbonyl (C=O) groups excluding carboxylic acids is 4. The Morgan fingerprint density at radius 2 is 1.57 bits per heavy atom. The zero-order valence-corrected chi connectivity index (χ0v) is 20.6. The molecular weight excluding hydrogens is 449 g/mol. The molecule has 0 aromatic heterocycles. The highest BCUT2D eigenvalue weighted by Gasteiger charge is 2.69. The highest BCUT2D eigenvalue weighted by molar-refractivity contribution is 6.23. The van der Waals surface area contributed by atoms with Crippen LogP contribution in [-0.4, -0.2) is 34.6 Å². The zero-order valence-electron chi connectivity index (χ0n) is 20.6. The van der Waals surface area contributed by atoms with Crippen LogP contribution in [0.1, 0.15) is 46.6 Å². The summed E-state index contributed by atoms with van der Waals surface area (Å²) < 4.78 is 13.5. The number of carbonyl (C=O) groups is 4. The van der Waals surface area contributed by atoms with Crippen molar-refractivity contribution < 1.29 is 23.6 Å². The first-order chi connectivity index (χ1) is 16.3. The number of benzene rings is 2. The molecule has 1 atom stereocenters. The van der Waals surface area contributed by atoms with E-state index in [9.17, 15) is 23.6 Å². The summed E-state index contributed by atoms with van der Waals surface area (Å²) >= 11 is 0. The molecule has 7 nitrogen and oxygen atoms in total. The Kier molecular flexibility index (Phi) is 6.03. The average molecular weight is 480 g/mol. The maximum Gasteiger partial charge on any atom is 0.257 e. The Morgan fingerprint density at radius 1 is 1.00 bits per heavy atom. The Balaban J connectivity index is 1.63. The summed E-state index contributed by atoms with van der Waals surface area (Å²) in [6.45, 7) is 9.58. The van der Waals surface area contributed by atoms with Gasteiger partial charge in [0.05, 0.1) is 12.1 Å². The molecule has 1 heterocycles. The van der Waals surface area contributed by atoms with E-state index in [4.69, 9.17) is 0 Å².